The normalized spacial score (nSPS) is 30.7. The molecule has 2 N–H and O–H groups in total. The van der Waals surface area contributed by atoms with Crippen molar-refractivity contribution < 1.29 is 42.0 Å². The molecule has 2 aromatic rings. The second kappa shape index (κ2) is 9.17. The van der Waals surface area contributed by atoms with Crippen LogP contribution >= 0.6 is 15.0 Å². The average molecular weight is 526 g/mol. The molecule has 0 saturated carbocycles. The van der Waals surface area contributed by atoms with Gasteiger partial charge in [-0.2, -0.15) is 0 Å². The van der Waals surface area contributed by atoms with Crippen molar-refractivity contribution in [3.05, 3.63) is 84.1 Å². The summed E-state index contributed by atoms with van der Waals surface area (Å²) < 4.78 is 63.2. The maximum atomic E-state index is 15.2. The van der Waals surface area contributed by atoms with Crippen LogP contribution in [0.2, 0.25) is 0 Å². The van der Waals surface area contributed by atoms with E-state index in [0.29, 0.717) is 24.6 Å². The number of halogens is 1. The predicted molar refractivity (Wildman–Crippen MR) is 124 cm³/mol. The van der Waals surface area contributed by atoms with Gasteiger partial charge in [0.2, 0.25) is 18.7 Å². The molecule has 0 aliphatic carbocycles. The maximum absolute atomic E-state index is 15.2. The molecule has 0 amide bonds. The number of hydrogen-bond acceptors (Lipinski definition) is 9. The van der Waals surface area contributed by atoms with Crippen LogP contribution in [0.5, 0.6) is 5.75 Å². The standard InChI is InChI=1S/C22H25FN2O8P2/c1-14-10-18(31-16(3)25-8-9-30-15(25)2)11-19(23)20(14)21-32-34(4,27)22(26,35(28,29)33-21)12-17-6-5-7-24-13-17/h5-7,10-11,13,21,26H,2-3,8-9,12H2,1,4H3,(H,28,29). The molecule has 0 bridgehead atoms. The first-order valence-corrected chi connectivity index (χ1v) is 14.1. The Kier molecular flexibility index (Phi) is 6.70. The van der Waals surface area contributed by atoms with E-state index in [4.69, 9.17) is 18.5 Å². The first-order valence-electron chi connectivity index (χ1n) is 10.5. The van der Waals surface area contributed by atoms with Crippen molar-refractivity contribution in [2.75, 3.05) is 19.8 Å². The first kappa shape index (κ1) is 25.6. The number of aromatic nitrogens is 1. The highest BCUT2D eigenvalue weighted by Gasteiger charge is 2.65. The molecule has 35 heavy (non-hydrogen) atoms. The Labute approximate surface area is 201 Å². The van der Waals surface area contributed by atoms with Gasteiger partial charge >= 0.3 is 7.60 Å². The number of pyridine rings is 1. The van der Waals surface area contributed by atoms with E-state index < -0.39 is 38.6 Å². The van der Waals surface area contributed by atoms with Gasteiger partial charge in [-0.15, -0.1) is 0 Å². The Hall–Kier alpha value is -2.52. The topological polar surface area (TPSA) is 128 Å². The number of ether oxygens (including phenoxy) is 2. The summed E-state index contributed by atoms with van der Waals surface area (Å²) in [4.78, 5) is 16.1. The fraction of sp³-hybridized carbons (Fsp3) is 0.318. The number of rotatable bonds is 6. The highest BCUT2D eigenvalue weighted by Crippen LogP contribution is 2.79. The van der Waals surface area contributed by atoms with E-state index >= 15 is 4.39 Å². The number of aryl methyl sites for hydroxylation is 1. The molecule has 4 rings (SSSR count). The minimum absolute atomic E-state index is 0.0872. The summed E-state index contributed by atoms with van der Waals surface area (Å²) in [5, 5.41) is 8.31. The van der Waals surface area contributed by atoms with E-state index in [0.717, 1.165) is 12.7 Å². The fourth-order valence-electron chi connectivity index (χ4n) is 3.85. The molecule has 2 fully saturated rings. The number of hydrogen-bond donors (Lipinski definition) is 2. The van der Waals surface area contributed by atoms with Crippen molar-refractivity contribution in [3.8, 4) is 5.75 Å². The lowest BCUT2D eigenvalue weighted by Crippen LogP contribution is -2.38. The van der Waals surface area contributed by atoms with Gasteiger partial charge in [0.15, 0.2) is 11.8 Å². The zero-order chi connectivity index (χ0) is 25.6. The van der Waals surface area contributed by atoms with Gasteiger partial charge in [-0.05, 0) is 43.3 Å². The monoisotopic (exact) mass is 526 g/mol. The summed E-state index contributed by atoms with van der Waals surface area (Å²) in [5.41, 5.74) is 0.316. The van der Waals surface area contributed by atoms with Crippen molar-refractivity contribution >= 4 is 15.0 Å². The van der Waals surface area contributed by atoms with Crippen molar-refractivity contribution in [1.29, 1.82) is 0 Å². The van der Waals surface area contributed by atoms with Gasteiger partial charge in [0, 0.05) is 37.1 Å². The molecular formula is C22H25FN2O8P2. The lowest BCUT2D eigenvalue weighted by atomic mass is 10.1. The summed E-state index contributed by atoms with van der Waals surface area (Å²) in [7, 11) is -9.28. The van der Waals surface area contributed by atoms with Crippen LogP contribution < -0.4 is 4.74 Å². The lowest BCUT2D eigenvalue weighted by molar-refractivity contribution is -0.0462. The van der Waals surface area contributed by atoms with Crippen LogP contribution in [0.1, 0.15) is 23.0 Å². The second-order valence-corrected chi connectivity index (χ2v) is 13.2. The van der Waals surface area contributed by atoms with Crippen LogP contribution in [-0.4, -0.2) is 44.8 Å². The van der Waals surface area contributed by atoms with E-state index in [2.05, 4.69) is 18.1 Å². The smallest absolute Gasteiger partial charge is 0.372 e. The van der Waals surface area contributed by atoms with Gasteiger partial charge in [0.05, 0.1) is 6.54 Å². The van der Waals surface area contributed by atoms with Crippen molar-refractivity contribution in [2.45, 2.75) is 24.7 Å². The van der Waals surface area contributed by atoms with Gasteiger partial charge in [-0.3, -0.25) is 28.1 Å². The largest absolute Gasteiger partial charge is 0.477 e. The molecular weight excluding hydrogens is 501 g/mol. The summed E-state index contributed by atoms with van der Waals surface area (Å²) in [6.07, 6.45) is 0.506. The molecule has 1 aromatic heterocycles. The Morgan fingerprint density at radius 1 is 1.40 bits per heavy atom. The van der Waals surface area contributed by atoms with Crippen LogP contribution in [0.4, 0.5) is 4.39 Å². The average Bonchev–Trinajstić information content (AvgIpc) is 3.18. The molecule has 13 heteroatoms. The Morgan fingerprint density at radius 2 is 2.14 bits per heavy atom. The van der Waals surface area contributed by atoms with Crippen LogP contribution in [0, 0.1) is 12.7 Å². The van der Waals surface area contributed by atoms with Crippen molar-refractivity contribution in [2.24, 2.45) is 0 Å². The minimum atomic E-state index is -5.02. The molecule has 10 nitrogen and oxygen atoms in total. The highest BCUT2D eigenvalue weighted by atomic mass is 31.2. The third-order valence-corrected chi connectivity index (χ3v) is 11.2. The lowest BCUT2D eigenvalue weighted by Gasteiger charge is -2.43. The highest BCUT2D eigenvalue weighted by molar-refractivity contribution is 7.76. The molecule has 0 radical (unpaired) electrons. The molecule has 4 atom stereocenters. The SMILES string of the molecule is C=C1OCCN1C(=C)Oc1cc(C)c(C2OP(C)(=O)C(O)(Cc3cccnc3)P(=O)(O)O2)c(F)c1. The molecule has 3 heterocycles. The third kappa shape index (κ3) is 4.68. The van der Waals surface area contributed by atoms with Gasteiger partial charge in [0.1, 0.15) is 18.2 Å². The predicted octanol–water partition coefficient (Wildman–Crippen LogP) is 4.21. The van der Waals surface area contributed by atoms with E-state index in [1.807, 2.05) is 0 Å². The molecule has 0 spiro atoms. The summed E-state index contributed by atoms with van der Waals surface area (Å²) >= 11 is 0. The van der Waals surface area contributed by atoms with Gasteiger partial charge in [-0.25, -0.2) is 4.39 Å². The van der Waals surface area contributed by atoms with Crippen molar-refractivity contribution in [1.82, 2.24) is 9.88 Å². The number of aliphatic hydroxyl groups is 1. The van der Waals surface area contributed by atoms with E-state index in [1.165, 1.54) is 31.5 Å². The van der Waals surface area contributed by atoms with Gasteiger partial charge in [0.25, 0.3) is 0 Å². The Balaban J connectivity index is 1.60. The molecule has 2 saturated heterocycles. The van der Waals surface area contributed by atoms with Gasteiger partial charge < -0.3 is 19.5 Å². The second-order valence-electron chi connectivity index (χ2n) is 8.25. The van der Waals surface area contributed by atoms with E-state index in [-0.39, 0.29) is 22.8 Å². The maximum Gasteiger partial charge on any atom is 0.372 e. The van der Waals surface area contributed by atoms with Gasteiger partial charge in [-0.1, -0.05) is 6.07 Å². The summed E-state index contributed by atoms with van der Waals surface area (Å²) in [6, 6.07) is 5.55. The fourth-order valence-corrected chi connectivity index (χ4v) is 8.15. The molecule has 2 aliphatic heterocycles. The van der Waals surface area contributed by atoms with Crippen LogP contribution in [0.25, 0.3) is 0 Å². The zero-order valence-electron chi connectivity index (χ0n) is 19.1. The van der Waals surface area contributed by atoms with E-state index in [1.54, 1.807) is 11.0 Å². The third-order valence-electron chi connectivity index (χ3n) is 5.77. The van der Waals surface area contributed by atoms with E-state index in [9.17, 15) is 19.1 Å². The molecule has 4 unspecified atom stereocenters. The molecule has 1 aromatic carbocycles. The van der Waals surface area contributed by atoms with Crippen LogP contribution in [0.3, 0.4) is 0 Å². The molecule has 2 aliphatic rings. The van der Waals surface area contributed by atoms with Crippen LogP contribution in [0.15, 0.2) is 61.6 Å². The number of benzene rings is 1. The first-order chi connectivity index (χ1) is 16.3. The Morgan fingerprint density at radius 3 is 2.71 bits per heavy atom. The quantitative estimate of drug-likeness (QED) is 0.417. The molecule has 188 valence electrons. The Bertz CT molecular complexity index is 1220. The minimum Gasteiger partial charge on any atom is -0.477 e. The van der Waals surface area contributed by atoms with Crippen LogP contribution in [-0.2, 0) is 29.3 Å². The number of nitrogens with zero attached hydrogens (tertiary/aromatic N) is 2. The van der Waals surface area contributed by atoms with Crippen molar-refractivity contribution in [3.63, 3.8) is 0 Å². The summed E-state index contributed by atoms with van der Waals surface area (Å²) in [5.74, 6) is -0.289. The zero-order valence-corrected chi connectivity index (χ0v) is 20.9. The summed E-state index contributed by atoms with van der Waals surface area (Å²) in [6.45, 7) is 10.9.